The molecular formula is C12H22N4O. The third kappa shape index (κ3) is 4.09. The molecule has 0 amide bonds. The van der Waals surface area contributed by atoms with Crippen molar-refractivity contribution in [2.45, 2.75) is 32.7 Å². The molecule has 1 aromatic heterocycles. The second-order valence-electron chi connectivity index (χ2n) is 5.17. The summed E-state index contributed by atoms with van der Waals surface area (Å²) in [5.41, 5.74) is 0. The van der Waals surface area contributed by atoms with Gasteiger partial charge in [-0.25, -0.2) is 0 Å². The standard InChI is InChI=1S/C12H22N4O/c1-10(2)7-11-8-16(6-4-13-11)5-3-12-14-9-15-17-12/h9-11,13H,3-8H2,1-2H3. The molecule has 1 aliphatic rings. The summed E-state index contributed by atoms with van der Waals surface area (Å²) in [5, 5.41) is 7.20. The lowest BCUT2D eigenvalue weighted by molar-refractivity contribution is 0.183. The first-order valence-corrected chi connectivity index (χ1v) is 6.45. The molecule has 5 nitrogen and oxygen atoms in total. The highest BCUT2D eigenvalue weighted by molar-refractivity contribution is 4.82. The molecule has 1 aliphatic heterocycles. The van der Waals surface area contributed by atoms with Gasteiger partial charge in [0, 0.05) is 38.6 Å². The predicted octanol–water partition coefficient (Wildman–Crippen LogP) is 0.932. The highest BCUT2D eigenvalue weighted by atomic mass is 16.5. The lowest BCUT2D eigenvalue weighted by atomic mass is 10.0. The predicted molar refractivity (Wildman–Crippen MR) is 65.7 cm³/mol. The molecule has 1 fully saturated rings. The Morgan fingerprint density at radius 3 is 3.18 bits per heavy atom. The van der Waals surface area contributed by atoms with Crippen LogP contribution in [-0.2, 0) is 6.42 Å². The fourth-order valence-corrected chi connectivity index (χ4v) is 2.38. The lowest BCUT2D eigenvalue weighted by Crippen LogP contribution is -2.51. The van der Waals surface area contributed by atoms with E-state index in [1.54, 1.807) is 0 Å². The first-order valence-electron chi connectivity index (χ1n) is 6.45. The van der Waals surface area contributed by atoms with Crippen LogP contribution in [0.1, 0.15) is 26.2 Å². The van der Waals surface area contributed by atoms with Crippen LogP contribution >= 0.6 is 0 Å². The van der Waals surface area contributed by atoms with E-state index in [1.165, 1.54) is 12.7 Å². The molecule has 5 heteroatoms. The van der Waals surface area contributed by atoms with Crippen molar-refractivity contribution >= 4 is 0 Å². The van der Waals surface area contributed by atoms with Gasteiger partial charge in [0.2, 0.25) is 5.89 Å². The number of hydrogen-bond acceptors (Lipinski definition) is 5. The van der Waals surface area contributed by atoms with Gasteiger partial charge in [-0.05, 0) is 12.3 Å². The molecule has 0 saturated carbocycles. The van der Waals surface area contributed by atoms with E-state index < -0.39 is 0 Å². The Bertz CT molecular complexity index is 312. The van der Waals surface area contributed by atoms with Crippen LogP contribution in [0.25, 0.3) is 0 Å². The van der Waals surface area contributed by atoms with E-state index in [-0.39, 0.29) is 0 Å². The largest absolute Gasteiger partial charge is 0.340 e. The van der Waals surface area contributed by atoms with Crippen molar-refractivity contribution in [3.8, 4) is 0 Å². The third-order valence-corrected chi connectivity index (χ3v) is 3.14. The Labute approximate surface area is 103 Å². The van der Waals surface area contributed by atoms with Gasteiger partial charge in [0.1, 0.15) is 0 Å². The zero-order valence-corrected chi connectivity index (χ0v) is 10.7. The van der Waals surface area contributed by atoms with Gasteiger partial charge < -0.3 is 14.7 Å². The molecule has 1 N–H and O–H groups in total. The van der Waals surface area contributed by atoms with E-state index in [0.29, 0.717) is 6.04 Å². The van der Waals surface area contributed by atoms with Gasteiger partial charge in [0.15, 0.2) is 6.33 Å². The van der Waals surface area contributed by atoms with E-state index in [4.69, 9.17) is 4.52 Å². The van der Waals surface area contributed by atoms with Crippen LogP contribution in [0.4, 0.5) is 0 Å². The SMILES string of the molecule is CC(C)CC1CN(CCc2ncno2)CCN1. The minimum atomic E-state index is 0.631. The minimum Gasteiger partial charge on any atom is -0.340 e. The topological polar surface area (TPSA) is 54.2 Å². The fraction of sp³-hybridized carbons (Fsp3) is 0.833. The second-order valence-corrected chi connectivity index (χ2v) is 5.17. The summed E-state index contributed by atoms with van der Waals surface area (Å²) in [5.74, 6) is 1.49. The molecule has 17 heavy (non-hydrogen) atoms. The Kier molecular flexibility index (Phi) is 4.50. The van der Waals surface area contributed by atoms with Crippen molar-refractivity contribution in [1.29, 1.82) is 0 Å². The van der Waals surface area contributed by atoms with Gasteiger partial charge >= 0.3 is 0 Å². The molecule has 0 radical (unpaired) electrons. The van der Waals surface area contributed by atoms with E-state index in [1.807, 2.05) is 0 Å². The van der Waals surface area contributed by atoms with E-state index in [2.05, 4.69) is 34.2 Å². The van der Waals surface area contributed by atoms with Gasteiger partial charge in [-0.2, -0.15) is 4.98 Å². The summed E-state index contributed by atoms with van der Waals surface area (Å²) in [4.78, 5) is 6.53. The average Bonchev–Trinajstić information content (AvgIpc) is 2.79. The molecule has 0 spiro atoms. The monoisotopic (exact) mass is 238 g/mol. The summed E-state index contributed by atoms with van der Waals surface area (Å²) in [6.07, 6.45) is 3.57. The third-order valence-electron chi connectivity index (χ3n) is 3.14. The van der Waals surface area contributed by atoms with Crippen LogP contribution in [0.3, 0.4) is 0 Å². The minimum absolute atomic E-state index is 0.631. The molecule has 0 aromatic carbocycles. The molecule has 96 valence electrons. The number of nitrogens with zero attached hydrogens (tertiary/aromatic N) is 3. The van der Waals surface area contributed by atoms with Crippen LogP contribution in [0.5, 0.6) is 0 Å². The first-order chi connectivity index (χ1) is 8.24. The van der Waals surface area contributed by atoms with Crippen molar-refractivity contribution in [3.63, 3.8) is 0 Å². The number of hydrogen-bond donors (Lipinski definition) is 1. The molecule has 0 bridgehead atoms. The molecular weight excluding hydrogens is 216 g/mol. The van der Waals surface area contributed by atoms with Gasteiger partial charge in [-0.1, -0.05) is 19.0 Å². The van der Waals surface area contributed by atoms with Crippen LogP contribution in [0.15, 0.2) is 10.9 Å². The maximum atomic E-state index is 5.01. The van der Waals surface area contributed by atoms with Gasteiger partial charge in [-0.3, -0.25) is 0 Å². The van der Waals surface area contributed by atoms with Gasteiger partial charge in [0.25, 0.3) is 0 Å². The Morgan fingerprint density at radius 1 is 1.59 bits per heavy atom. The molecule has 1 unspecified atom stereocenters. The Morgan fingerprint density at radius 2 is 2.47 bits per heavy atom. The quantitative estimate of drug-likeness (QED) is 0.827. The average molecular weight is 238 g/mol. The smallest absolute Gasteiger partial charge is 0.227 e. The zero-order valence-electron chi connectivity index (χ0n) is 10.7. The maximum Gasteiger partial charge on any atom is 0.227 e. The van der Waals surface area contributed by atoms with Crippen molar-refractivity contribution in [2.24, 2.45) is 5.92 Å². The van der Waals surface area contributed by atoms with E-state index in [0.717, 1.165) is 44.4 Å². The molecule has 1 aromatic rings. The summed E-state index contributed by atoms with van der Waals surface area (Å²) in [7, 11) is 0. The van der Waals surface area contributed by atoms with Crippen molar-refractivity contribution in [1.82, 2.24) is 20.4 Å². The molecule has 1 saturated heterocycles. The van der Waals surface area contributed by atoms with Gasteiger partial charge in [0.05, 0.1) is 0 Å². The highest BCUT2D eigenvalue weighted by Gasteiger charge is 2.20. The van der Waals surface area contributed by atoms with E-state index in [9.17, 15) is 0 Å². The Balaban J connectivity index is 1.73. The van der Waals surface area contributed by atoms with Crippen LogP contribution < -0.4 is 5.32 Å². The fourth-order valence-electron chi connectivity index (χ4n) is 2.38. The zero-order chi connectivity index (χ0) is 12.1. The summed E-state index contributed by atoms with van der Waals surface area (Å²) in [6.45, 7) is 8.90. The summed E-state index contributed by atoms with van der Waals surface area (Å²) >= 11 is 0. The van der Waals surface area contributed by atoms with Crippen molar-refractivity contribution < 1.29 is 4.52 Å². The summed E-state index contributed by atoms with van der Waals surface area (Å²) in [6, 6.07) is 0.631. The van der Waals surface area contributed by atoms with Crippen LogP contribution in [-0.4, -0.2) is 47.3 Å². The number of piperazine rings is 1. The van der Waals surface area contributed by atoms with E-state index >= 15 is 0 Å². The Hall–Kier alpha value is -0.940. The molecule has 0 aliphatic carbocycles. The van der Waals surface area contributed by atoms with Crippen molar-refractivity contribution in [2.75, 3.05) is 26.2 Å². The van der Waals surface area contributed by atoms with Crippen LogP contribution in [0, 0.1) is 5.92 Å². The first kappa shape index (κ1) is 12.5. The molecule has 2 rings (SSSR count). The second kappa shape index (κ2) is 6.12. The van der Waals surface area contributed by atoms with Gasteiger partial charge in [-0.15, -0.1) is 0 Å². The number of aromatic nitrogens is 2. The number of rotatable bonds is 5. The lowest BCUT2D eigenvalue weighted by Gasteiger charge is -2.34. The molecule has 2 heterocycles. The number of nitrogens with one attached hydrogen (secondary N) is 1. The van der Waals surface area contributed by atoms with Crippen LogP contribution in [0.2, 0.25) is 0 Å². The molecule has 1 atom stereocenters. The summed E-state index contributed by atoms with van der Waals surface area (Å²) < 4.78 is 5.01. The highest BCUT2D eigenvalue weighted by Crippen LogP contribution is 2.09. The normalized spacial score (nSPS) is 22.2. The van der Waals surface area contributed by atoms with Crippen molar-refractivity contribution in [3.05, 3.63) is 12.2 Å². The maximum absolute atomic E-state index is 5.01.